The monoisotopic (exact) mass is 178 g/mol. The Labute approximate surface area is 78.0 Å². The lowest BCUT2D eigenvalue weighted by molar-refractivity contribution is -0.145. The van der Waals surface area contributed by atoms with Gasteiger partial charge in [-0.25, -0.2) is 4.79 Å². The van der Waals surface area contributed by atoms with Crippen LogP contribution in [0.1, 0.15) is 26.7 Å². The van der Waals surface area contributed by atoms with Crippen molar-refractivity contribution in [3.05, 3.63) is 11.6 Å². The molecule has 3 atom stereocenters. The molecule has 0 amide bonds. The predicted molar refractivity (Wildman–Crippen MR) is 48.0 cm³/mol. The molecule has 70 valence electrons. The first-order valence-corrected chi connectivity index (χ1v) is 5.01. The van der Waals surface area contributed by atoms with Crippen LogP contribution in [-0.2, 0) is 9.53 Å². The Morgan fingerprint density at radius 3 is 2.92 bits per heavy atom. The number of carbonyl (C=O) groups is 1. The van der Waals surface area contributed by atoms with Crippen LogP contribution >= 0.6 is 0 Å². The molecule has 2 heteroatoms. The molecule has 0 saturated heterocycles. The van der Waals surface area contributed by atoms with Crippen molar-refractivity contribution in [2.24, 2.45) is 17.3 Å². The van der Waals surface area contributed by atoms with E-state index in [4.69, 9.17) is 4.74 Å². The van der Waals surface area contributed by atoms with Gasteiger partial charge in [0.05, 0.1) is 0 Å². The molecule has 0 radical (unpaired) electrons. The third-order valence-corrected chi connectivity index (χ3v) is 4.29. The SMILES string of the molecule is CC1(C)[C@H]2CC3OC(=O)C=C3[C@@H]1C2. The van der Waals surface area contributed by atoms with Crippen LogP contribution < -0.4 is 0 Å². The van der Waals surface area contributed by atoms with Crippen molar-refractivity contribution in [3.63, 3.8) is 0 Å². The lowest BCUT2D eigenvalue weighted by Crippen LogP contribution is -2.53. The van der Waals surface area contributed by atoms with Crippen LogP contribution in [0.15, 0.2) is 11.6 Å². The highest BCUT2D eigenvalue weighted by atomic mass is 16.5. The van der Waals surface area contributed by atoms with Crippen LogP contribution in [-0.4, -0.2) is 12.1 Å². The minimum absolute atomic E-state index is 0.122. The van der Waals surface area contributed by atoms with Crippen molar-refractivity contribution < 1.29 is 9.53 Å². The van der Waals surface area contributed by atoms with Crippen LogP contribution in [0.4, 0.5) is 0 Å². The summed E-state index contributed by atoms with van der Waals surface area (Å²) in [5.74, 6) is 1.26. The number of carbonyl (C=O) groups excluding carboxylic acids is 1. The van der Waals surface area contributed by atoms with Gasteiger partial charge >= 0.3 is 5.97 Å². The van der Waals surface area contributed by atoms with Crippen LogP contribution in [0.3, 0.4) is 0 Å². The molecule has 3 saturated carbocycles. The van der Waals surface area contributed by atoms with Crippen molar-refractivity contribution in [2.75, 3.05) is 0 Å². The van der Waals surface area contributed by atoms with Crippen molar-refractivity contribution in [3.8, 4) is 0 Å². The third kappa shape index (κ3) is 0.767. The fourth-order valence-electron chi connectivity index (χ4n) is 3.22. The van der Waals surface area contributed by atoms with Gasteiger partial charge in [-0.05, 0) is 35.7 Å². The van der Waals surface area contributed by atoms with Crippen LogP contribution in [0.25, 0.3) is 0 Å². The molecule has 1 aliphatic heterocycles. The highest BCUT2D eigenvalue weighted by Crippen LogP contribution is 2.62. The Morgan fingerprint density at radius 2 is 2.23 bits per heavy atom. The molecule has 0 aromatic carbocycles. The first-order chi connectivity index (χ1) is 6.09. The van der Waals surface area contributed by atoms with E-state index in [0.717, 1.165) is 12.3 Å². The standard InChI is InChI=1S/C11H14O2/c1-11(2)6-3-8(11)7-5-10(12)13-9(7)4-6/h5-6,8-9H,3-4H2,1-2H3/t6-,8+,9?/m1/s1. The van der Waals surface area contributed by atoms with Gasteiger partial charge < -0.3 is 4.74 Å². The van der Waals surface area contributed by atoms with Gasteiger partial charge in [0, 0.05) is 6.08 Å². The molecule has 1 unspecified atom stereocenters. The number of hydrogen-bond acceptors (Lipinski definition) is 2. The van der Waals surface area contributed by atoms with Gasteiger partial charge in [-0.2, -0.15) is 0 Å². The molecule has 13 heavy (non-hydrogen) atoms. The largest absolute Gasteiger partial charge is 0.455 e. The molecule has 0 aromatic heterocycles. The summed E-state index contributed by atoms with van der Waals surface area (Å²) in [5.41, 5.74) is 1.69. The Hall–Kier alpha value is -0.790. The Bertz CT molecular complexity index is 314. The normalized spacial score (nSPS) is 44.6. The molecule has 3 fully saturated rings. The summed E-state index contributed by atoms with van der Waals surface area (Å²) in [6.45, 7) is 4.62. The number of hydrogen-bond donors (Lipinski definition) is 0. The van der Waals surface area contributed by atoms with Gasteiger partial charge in [-0.3, -0.25) is 0 Å². The lowest BCUT2D eigenvalue weighted by Gasteiger charge is -2.58. The molecule has 4 rings (SSSR count). The Morgan fingerprint density at radius 1 is 1.46 bits per heavy atom. The molecular formula is C11H14O2. The maximum Gasteiger partial charge on any atom is 0.331 e. The molecule has 0 N–H and O–H groups in total. The minimum Gasteiger partial charge on any atom is -0.455 e. The zero-order chi connectivity index (χ0) is 9.22. The van der Waals surface area contributed by atoms with Crippen molar-refractivity contribution in [1.82, 2.24) is 0 Å². The van der Waals surface area contributed by atoms with E-state index in [1.54, 1.807) is 6.08 Å². The Kier molecular flexibility index (Phi) is 1.17. The molecular weight excluding hydrogens is 164 g/mol. The molecule has 0 aromatic rings. The van der Waals surface area contributed by atoms with Crippen molar-refractivity contribution in [2.45, 2.75) is 32.8 Å². The molecule has 3 aliphatic carbocycles. The summed E-state index contributed by atoms with van der Waals surface area (Å²) in [5, 5.41) is 0. The number of rotatable bonds is 0. The smallest absolute Gasteiger partial charge is 0.331 e. The second-order valence-electron chi connectivity index (χ2n) is 5.11. The average Bonchev–Trinajstić information content (AvgIpc) is 2.42. The van der Waals surface area contributed by atoms with Gasteiger partial charge in [-0.15, -0.1) is 0 Å². The van der Waals surface area contributed by atoms with E-state index >= 15 is 0 Å². The van der Waals surface area contributed by atoms with E-state index in [0.29, 0.717) is 11.3 Å². The zero-order valence-corrected chi connectivity index (χ0v) is 8.04. The maximum absolute atomic E-state index is 11.1. The molecule has 4 aliphatic rings. The number of esters is 1. The predicted octanol–water partition coefficient (Wildman–Crippen LogP) is 1.90. The molecule has 1 heterocycles. The third-order valence-electron chi connectivity index (χ3n) is 4.29. The van der Waals surface area contributed by atoms with Gasteiger partial charge in [0.25, 0.3) is 0 Å². The fourth-order valence-corrected chi connectivity index (χ4v) is 3.22. The highest BCUT2D eigenvalue weighted by Gasteiger charge is 2.57. The molecule has 2 nitrogen and oxygen atoms in total. The lowest BCUT2D eigenvalue weighted by atomic mass is 9.47. The summed E-state index contributed by atoms with van der Waals surface area (Å²) in [4.78, 5) is 11.1. The van der Waals surface area contributed by atoms with E-state index < -0.39 is 0 Å². The fraction of sp³-hybridized carbons (Fsp3) is 0.727. The van der Waals surface area contributed by atoms with E-state index in [2.05, 4.69) is 13.8 Å². The first-order valence-electron chi connectivity index (χ1n) is 5.01. The summed E-state index contributed by atoms with van der Waals surface area (Å²) in [6.07, 6.45) is 4.20. The minimum atomic E-state index is -0.122. The zero-order valence-electron chi connectivity index (χ0n) is 8.04. The van der Waals surface area contributed by atoms with E-state index in [1.807, 2.05) is 0 Å². The summed E-state index contributed by atoms with van der Waals surface area (Å²) in [6, 6.07) is 0. The molecule has 0 spiro atoms. The summed E-state index contributed by atoms with van der Waals surface area (Å²) in [7, 11) is 0. The quantitative estimate of drug-likeness (QED) is 0.529. The van der Waals surface area contributed by atoms with Gasteiger partial charge in [0.2, 0.25) is 0 Å². The van der Waals surface area contributed by atoms with E-state index in [-0.39, 0.29) is 12.1 Å². The average molecular weight is 178 g/mol. The van der Waals surface area contributed by atoms with E-state index in [9.17, 15) is 4.79 Å². The number of ether oxygens (including phenoxy) is 1. The van der Waals surface area contributed by atoms with Crippen molar-refractivity contribution in [1.29, 1.82) is 0 Å². The van der Waals surface area contributed by atoms with Crippen LogP contribution in [0.2, 0.25) is 0 Å². The van der Waals surface area contributed by atoms with Gasteiger partial charge in [0.1, 0.15) is 6.10 Å². The second-order valence-corrected chi connectivity index (χ2v) is 5.11. The second kappa shape index (κ2) is 1.99. The first kappa shape index (κ1) is 7.60. The van der Waals surface area contributed by atoms with Crippen LogP contribution in [0.5, 0.6) is 0 Å². The topological polar surface area (TPSA) is 26.3 Å². The van der Waals surface area contributed by atoms with E-state index in [1.165, 1.54) is 12.0 Å². The summed E-state index contributed by atoms with van der Waals surface area (Å²) < 4.78 is 5.23. The summed E-state index contributed by atoms with van der Waals surface area (Å²) >= 11 is 0. The maximum atomic E-state index is 11.1. The van der Waals surface area contributed by atoms with Gasteiger partial charge in [0.15, 0.2) is 0 Å². The van der Waals surface area contributed by atoms with Gasteiger partial charge in [-0.1, -0.05) is 13.8 Å². The molecule has 2 bridgehead atoms. The highest BCUT2D eigenvalue weighted by molar-refractivity contribution is 5.86. The van der Waals surface area contributed by atoms with Crippen molar-refractivity contribution >= 4 is 5.97 Å². The Balaban J connectivity index is 1.99. The van der Waals surface area contributed by atoms with Crippen LogP contribution in [0, 0.1) is 17.3 Å².